The van der Waals surface area contributed by atoms with Crippen LogP contribution in [0.2, 0.25) is 0 Å². The maximum atomic E-state index is 13.2. The average molecular weight is 782 g/mol. The molecule has 12 N–H and O–H groups in total. The largest absolute Gasteiger partial charge is 0.480 e. The Bertz CT molecular complexity index is 1930. The molecular formula is C22H37N6O19P3. The predicted molar refractivity (Wildman–Crippen MR) is 165 cm³/mol. The minimum absolute atomic E-state index is 0. The number of aliphatic hydroxyl groups excluding tert-OH is 2. The van der Waals surface area contributed by atoms with Crippen molar-refractivity contribution in [3.63, 3.8) is 0 Å². The van der Waals surface area contributed by atoms with Gasteiger partial charge < -0.3 is 46.5 Å². The van der Waals surface area contributed by atoms with Crippen LogP contribution in [0.25, 0.3) is 0 Å². The number of carbonyl (C=O) groups excluding carboxylic acids is 1. The normalized spacial score (nSPS) is 26.9. The Balaban J connectivity index is 0.00000433. The van der Waals surface area contributed by atoms with E-state index in [0.29, 0.717) is 7.11 Å². The molecule has 0 saturated carbocycles. The second-order valence-electron chi connectivity index (χ2n) is 10.4. The fourth-order valence-electron chi connectivity index (χ4n) is 4.63. The SMILES string of the molecule is COC(=O)P(=O)(OP(=O)(O)OC[C@H]1O[C@@H](n2cc(C)c(=O)[nH]c2=O)C[C@@H]1O)OP(=O)(O)O[C@H]1C[C@H](n2cc(C)c(=O)[nH]c2=O)O[C@@H]1CO.N.N. The van der Waals surface area contributed by atoms with E-state index in [1.54, 1.807) is 0 Å². The molecule has 284 valence electrons. The highest BCUT2D eigenvalue weighted by atomic mass is 31.3. The summed E-state index contributed by atoms with van der Waals surface area (Å²) >= 11 is 0. The maximum Gasteiger partial charge on any atom is 0.480 e. The van der Waals surface area contributed by atoms with E-state index in [-0.39, 0.29) is 29.8 Å². The predicted octanol–water partition coefficient (Wildman–Crippen LogP) is -0.449. The van der Waals surface area contributed by atoms with Crippen LogP contribution in [0.3, 0.4) is 0 Å². The van der Waals surface area contributed by atoms with Gasteiger partial charge in [0.1, 0.15) is 30.8 Å². The quantitative estimate of drug-likeness (QED) is 0.119. The summed E-state index contributed by atoms with van der Waals surface area (Å²) < 4.78 is 74.3. The molecule has 3 unspecified atom stereocenters. The number of ether oxygens (including phenoxy) is 3. The summed E-state index contributed by atoms with van der Waals surface area (Å²) in [5.41, 5.74) is -4.96. The monoisotopic (exact) mass is 782 g/mol. The summed E-state index contributed by atoms with van der Waals surface area (Å²) in [5, 5.41) is 20.0. The topological polar surface area (TPSA) is 394 Å². The lowest BCUT2D eigenvalue weighted by Gasteiger charge is -2.24. The summed E-state index contributed by atoms with van der Waals surface area (Å²) in [5.74, 6) is 0. The number of H-pyrrole nitrogens is 2. The smallest absolute Gasteiger partial charge is 0.460 e. The second kappa shape index (κ2) is 16.6. The molecule has 0 radical (unpaired) electrons. The van der Waals surface area contributed by atoms with Crippen molar-refractivity contribution in [3.05, 3.63) is 65.2 Å². The minimum atomic E-state index is -5.90. The van der Waals surface area contributed by atoms with Crippen LogP contribution >= 0.6 is 23.2 Å². The zero-order valence-electron chi connectivity index (χ0n) is 26.5. The lowest BCUT2D eigenvalue weighted by molar-refractivity contribution is -0.0457. The molecule has 2 saturated heterocycles. The summed E-state index contributed by atoms with van der Waals surface area (Å²) in [6, 6.07) is 0. The van der Waals surface area contributed by atoms with E-state index < -0.39 is 108 Å². The Hall–Kier alpha value is -2.96. The van der Waals surface area contributed by atoms with E-state index in [0.717, 1.165) is 21.5 Å². The van der Waals surface area contributed by atoms with Crippen LogP contribution in [0, 0.1) is 13.8 Å². The van der Waals surface area contributed by atoms with Crippen LogP contribution in [-0.2, 0) is 45.6 Å². The first kappa shape index (κ1) is 43.2. The van der Waals surface area contributed by atoms with Crippen molar-refractivity contribution >= 4 is 29.0 Å². The van der Waals surface area contributed by atoms with Gasteiger partial charge in [0, 0.05) is 36.4 Å². The zero-order chi connectivity index (χ0) is 35.8. The van der Waals surface area contributed by atoms with Gasteiger partial charge in [-0.25, -0.2) is 28.1 Å². The molecule has 4 rings (SSSR count). The van der Waals surface area contributed by atoms with Crippen LogP contribution in [-0.4, -0.2) is 89.6 Å². The van der Waals surface area contributed by atoms with Crippen LogP contribution < -0.4 is 34.8 Å². The molecule has 2 aromatic rings. The van der Waals surface area contributed by atoms with E-state index in [1.807, 2.05) is 9.97 Å². The Labute approximate surface area is 279 Å². The van der Waals surface area contributed by atoms with Gasteiger partial charge in [0.2, 0.25) is 0 Å². The molecule has 25 nitrogen and oxygen atoms in total. The number of aliphatic hydroxyl groups is 2. The molecule has 0 aromatic carbocycles. The third kappa shape index (κ3) is 9.88. The fraction of sp³-hybridized carbons (Fsp3) is 0.591. The first-order valence-electron chi connectivity index (χ1n) is 13.6. The molecule has 2 aromatic heterocycles. The lowest BCUT2D eigenvalue weighted by Crippen LogP contribution is -2.33. The number of carbonyl (C=O) groups is 1. The van der Waals surface area contributed by atoms with E-state index in [2.05, 4.69) is 17.9 Å². The molecule has 0 amide bonds. The van der Waals surface area contributed by atoms with E-state index in [4.69, 9.17) is 14.0 Å². The Morgan fingerprint density at radius 2 is 1.36 bits per heavy atom. The van der Waals surface area contributed by atoms with Gasteiger partial charge in [0.05, 0.1) is 26.4 Å². The molecule has 9 atom stereocenters. The summed E-state index contributed by atoms with van der Waals surface area (Å²) in [6.07, 6.45) is -6.68. The van der Waals surface area contributed by atoms with Crippen molar-refractivity contribution in [2.45, 2.75) is 63.6 Å². The highest BCUT2D eigenvalue weighted by Crippen LogP contribution is 2.71. The second-order valence-corrected chi connectivity index (χ2v) is 15.5. The number of phosphoric acid groups is 2. The van der Waals surface area contributed by atoms with Gasteiger partial charge in [-0.3, -0.25) is 37.7 Å². The number of nitrogens with zero attached hydrogens (tertiary/aromatic N) is 2. The van der Waals surface area contributed by atoms with Crippen molar-refractivity contribution in [2.24, 2.45) is 0 Å². The van der Waals surface area contributed by atoms with Crippen molar-refractivity contribution in [1.29, 1.82) is 0 Å². The molecule has 50 heavy (non-hydrogen) atoms. The number of hydrogen-bond acceptors (Lipinski definition) is 19. The van der Waals surface area contributed by atoms with Gasteiger partial charge in [-0.05, 0) is 13.8 Å². The maximum absolute atomic E-state index is 13.2. The van der Waals surface area contributed by atoms with Crippen LogP contribution in [0.1, 0.15) is 36.4 Å². The Morgan fingerprint density at radius 3 is 1.86 bits per heavy atom. The van der Waals surface area contributed by atoms with Gasteiger partial charge in [0.25, 0.3) is 11.1 Å². The molecule has 0 bridgehead atoms. The summed E-state index contributed by atoms with van der Waals surface area (Å²) in [4.78, 5) is 84.7. The first-order valence-corrected chi connectivity index (χ1v) is 18.1. The number of aromatic nitrogens is 4. The lowest BCUT2D eigenvalue weighted by atomic mass is 10.2. The number of nitrogens with one attached hydrogen (secondary N) is 2. The van der Waals surface area contributed by atoms with Crippen molar-refractivity contribution in [1.82, 2.24) is 31.4 Å². The van der Waals surface area contributed by atoms with Crippen molar-refractivity contribution in [3.8, 4) is 0 Å². The van der Waals surface area contributed by atoms with Gasteiger partial charge in [-0.1, -0.05) is 0 Å². The molecule has 4 heterocycles. The van der Waals surface area contributed by atoms with Gasteiger partial charge >= 0.3 is 40.3 Å². The van der Waals surface area contributed by atoms with Gasteiger partial charge in [-0.2, -0.15) is 8.62 Å². The highest BCUT2D eigenvalue weighted by molar-refractivity contribution is 7.80. The third-order valence-corrected chi connectivity index (χ3v) is 12.0. The number of methoxy groups -OCH3 is 1. The van der Waals surface area contributed by atoms with Crippen molar-refractivity contribution in [2.75, 3.05) is 20.3 Å². The van der Waals surface area contributed by atoms with Gasteiger partial charge in [-0.15, -0.1) is 0 Å². The summed E-state index contributed by atoms with van der Waals surface area (Å²) in [6.45, 7) is 0.941. The molecule has 2 aliphatic rings. The fourth-order valence-corrected chi connectivity index (χ4v) is 9.19. The first-order chi connectivity index (χ1) is 22.3. The van der Waals surface area contributed by atoms with E-state index in [1.165, 1.54) is 13.8 Å². The number of phosphoric ester groups is 2. The van der Waals surface area contributed by atoms with E-state index >= 15 is 0 Å². The van der Waals surface area contributed by atoms with Crippen LogP contribution in [0.5, 0.6) is 0 Å². The number of aryl methyl sites for hydroxylation is 2. The van der Waals surface area contributed by atoms with Crippen molar-refractivity contribution < 1.29 is 70.4 Å². The number of rotatable bonds is 13. The molecule has 0 spiro atoms. The molecule has 0 aliphatic carbocycles. The number of hydrogen-bond donors (Lipinski definition) is 8. The minimum Gasteiger partial charge on any atom is -0.460 e. The highest BCUT2D eigenvalue weighted by Gasteiger charge is 2.52. The van der Waals surface area contributed by atoms with Crippen LogP contribution in [0.15, 0.2) is 31.6 Å². The molecule has 2 aliphatic heterocycles. The summed E-state index contributed by atoms with van der Waals surface area (Å²) in [7, 11) is -16.7. The third-order valence-electron chi connectivity index (χ3n) is 6.97. The standard InChI is InChI=1S/C22H31N4O19P3.2H3N/c1-10-6-25(20(31)23-18(10)29)16-4-12(28)15(42-16)9-40-47(35,36)44-46(34,22(33)39-3)45-48(37,38)43-13-5-17(41-14(13)8-27)26-7-11(2)19(30)24-21(26)32;;/h6-7,12-17,27-28H,4-5,8-9H2,1-3H3,(H,35,36)(H,37,38)(H,23,29,31)(H,24,30,32);2*1H3/t12-,13-,14+,15+,16+,17+,46?;;/m0../s1. The molecular weight excluding hydrogens is 745 g/mol. The Kier molecular flexibility index (Phi) is 14.3. The molecule has 28 heteroatoms. The number of aromatic amines is 2. The van der Waals surface area contributed by atoms with Crippen LogP contribution in [0.4, 0.5) is 4.79 Å². The molecule has 2 fully saturated rings. The van der Waals surface area contributed by atoms with E-state index in [9.17, 15) is 57.7 Å². The Morgan fingerprint density at radius 1 is 0.880 bits per heavy atom. The zero-order valence-corrected chi connectivity index (χ0v) is 29.2. The average Bonchev–Trinajstić information content (AvgIpc) is 3.56. The van der Waals surface area contributed by atoms with Gasteiger partial charge in [0.15, 0.2) is 0 Å².